The SMILES string of the molecule is CCOC(=O)CC(C)NC1(CO)CCCC(C)C1. The highest BCUT2D eigenvalue weighted by Gasteiger charge is 2.35. The molecule has 4 nitrogen and oxygen atoms in total. The second kappa shape index (κ2) is 7.10. The van der Waals surface area contributed by atoms with Crippen molar-refractivity contribution in [2.75, 3.05) is 13.2 Å². The molecule has 0 bridgehead atoms. The molecule has 0 amide bonds. The van der Waals surface area contributed by atoms with Crippen LogP contribution in [0.5, 0.6) is 0 Å². The second-order valence-electron chi connectivity index (χ2n) is 5.69. The van der Waals surface area contributed by atoms with Gasteiger partial charge in [-0.25, -0.2) is 0 Å². The number of nitrogens with one attached hydrogen (secondary N) is 1. The summed E-state index contributed by atoms with van der Waals surface area (Å²) in [7, 11) is 0. The summed E-state index contributed by atoms with van der Waals surface area (Å²) in [6.07, 6.45) is 4.71. The minimum atomic E-state index is -0.205. The lowest BCUT2D eigenvalue weighted by atomic mass is 9.76. The normalized spacial score (nSPS) is 29.9. The Hall–Kier alpha value is -0.610. The Kier molecular flexibility index (Phi) is 6.09. The van der Waals surface area contributed by atoms with E-state index in [2.05, 4.69) is 12.2 Å². The molecule has 0 aromatic carbocycles. The Labute approximate surface area is 110 Å². The highest BCUT2D eigenvalue weighted by molar-refractivity contribution is 5.70. The number of hydrogen-bond donors (Lipinski definition) is 2. The van der Waals surface area contributed by atoms with Gasteiger partial charge in [0, 0.05) is 11.6 Å². The molecule has 1 aliphatic carbocycles. The second-order valence-corrected chi connectivity index (χ2v) is 5.69. The largest absolute Gasteiger partial charge is 0.466 e. The van der Waals surface area contributed by atoms with Crippen molar-refractivity contribution >= 4 is 5.97 Å². The smallest absolute Gasteiger partial charge is 0.307 e. The van der Waals surface area contributed by atoms with Crippen LogP contribution in [0.25, 0.3) is 0 Å². The summed E-state index contributed by atoms with van der Waals surface area (Å²) in [5, 5.41) is 13.1. The van der Waals surface area contributed by atoms with Crippen LogP contribution < -0.4 is 5.32 Å². The van der Waals surface area contributed by atoms with Gasteiger partial charge in [-0.05, 0) is 32.6 Å². The number of rotatable bonds is 6. The Morgan fingerprint density at radius 2 is 2.33 bits per heavy atom. The molecule has 3 atom stereocenters. The zero-order valence-electron chi connectivity index (χ0n) is 11.9. The topological polar surface area (TPSA) is 58.6 Å². The number of hydrogen-bond acceptors (Lipinski definition) is 4. The molecule has 1 rings (SSSR count). The molecule has 0 spiro atoms. The number of esters is 1. The quantitative estimate of drug-likeness (QED) is 0.713. The predicted octanol–water partition coefficient (Wildman–Crippen LogP) is 1.86. The number of aliphatic hydroxyl groups is 1. The van der Waals surface area contributed by atoms with Gasteiger partial charge in [-0.15, -0.1) is 0 Å². The molecule has 1 aliphatic rings. The van der Waals surface area contributed by atoms with E-state index in [4.69, 9.17) is 4.74 Å². The van der Waals surface area contributed by atoms with Crippen LogP contribution >= 0.6 is 0 Å². The predicted molar refractivity (Wildman–Crippen MR) is 71.3 cm³/mol. The minimum Gasteiger partial charge on any atom is -0.466 e. The van der Waals surface area contributed by atoms with Gasteiger partial charge in [0.05, 0.1) is 19.6 Å². The molecule has 1 saturated carbocycles. The summed E-state index contributed by atoms with van der Waals surface area (Å²) < 4.78 is 4.95. The highest BCUT2D eigenvalue weighted by atomic mass is 16.5. The average molecular weight is 257 g/mol. The summed E-state index contributed by atoms with van der Waals surface area (Å²) in [5.74, 6) is 0.461. The fourth-order valence-corrected chi connectivity index (χ4v) is 3.02. The van der Waals surface area contributed by atoms with Crippen molar-refractivity contribution in [1.29, 1.82) is 0 Å². The lowest BCUT2D eigenvalue weighted by Crippen LogP contribution is -2.55. The standard InChI is InChI=1S/C14H27NO3/c1-4-18-13(17)8-12(3)15-14(10-16)7-5-6-11(2)9-14/h11-12,15-16H,4-10H2,1-3H3. The van der Waals surface area contributed by atoms with Crippen LogP contribution in [-0.2, 0) is 9.53 Å². The van der Waals surface area contributed by atoms with Crippen molar-refractivity contribution in [2.24, 2.45) is 5.92 Å². The number of ether oxygens (including phenoxy) is 1. The van der Waals surface area contributed by atoms with Crippen LogP contribution in [0.1, 0.15) is 52.9 Å². The van der Waals surface area contributed by atoms with Gasteiger partial charge in [-0.3, -0.25) is 4.79 Å². The zero-order valence-corrected chi connectivity index (χ0v) is 11.9. The van der Waals surface area contributed by atoms with E-state index in [9.17, 15) is 9.90 Å². The van der Waals surface area contributed by atoms with Crippen LogP contribution in [0.3, 0.4) is 0 Å². The van der Waals surface area contributed by atoms with Gasteiger partial charge in [0.1, 0.15) is 0 Å². The van der Waals surface area contributed by atoms with Crippen molar-refractivity contribution in [3.63, 3.8) is 0 Å². The van der Waals surface area contributed by atoms with E-state index < -0.39 is 0 Å². The first kappa shape index (κ1) is 15.4. The Morgan fingerprint density at radius 1 is 1.61 bits per heavy atom. The fourth-order valence-electron chi connectivity index (χ4n) is 3.02. The first-order chi connectivity index (χ1) is 8.51. The third-order valence-corrected chi connectivity index (χ3v) is 3.72. The lowest BCUT2D eigenvalue weighted by Gasteiger charge is -2.41. The van der Waals surface area contributed by atoms with Gasteiger partial charge in [0.15, 0.2) is 0 Å². The summed E-state index contributed by atoms with van der Waals surface area (Å²) >= 11 is 0. The molecule has 18 heavy (non-hydrogen) atoms. The maximum absolute atomic E-state index is 11.4. The van der Waals surface area contributed by atoms with Gasteiger partial charge >= 0.3 is 5.97 Å². The van der Waals surface area contributed by atoms with Gasteiger partial charge in [-0.2, -0.15) is 0 Å². The van der Waals surface area contributed by atoms with Crippen LogP contribution in [0.2, 0.25) is 0 Å². The summed E-state index contributed by atoms with van der Waals surface area (Å²) in [4.78, 5) is 11.4. The van der Waals surface area contributed by atoms with E-state index in [0.717, 1.165) is 19.3 Å². The number of carbonyl (C=O) groups is 1. The average Bonchev–Trinajstić information content (AvgIpc) is 2.28. The van der Waals surface area contributed by atoms with Crippen molar-refractivity contribution in [3.8, 4) is 0 Å². The van der Waals surface area contributed by atoms with E-state index >= 15 is 0 Å². The maximum Gasteiger partial charge on any atom is 0.307 e. The van der Waals surface area contributed by atoms with E-state index in [1.807, 2.05) is 13.8 Å². The molecule has 0 heterocycles. The van der Waals surface area contributed by atoms with Gasteiger partial charge in [0.25, 0.3) is 0 Å². The Balaban J connectivity index is 2.48. The van der Waals surface area contributed by atoms with E-state index in [-0.39, 0.29) is 24.2 Å². The zero-order chi connectivity index (χ0) is 13.6. The molecule has 0 aliphatic heterocycles. The number of aliphatic hydroxyl groups excluding tert-OH is 1. The van der Waals surface area contributed by atoms with Crippen molar-refractivity contribution in [3.05, 3.63) is 0 Å². The number of carbonyl (C=O) groups excluding carboxylic acids is 1. The lowest BCUT2D eigenvalue weighted by molar-refractivity contribution is -0.143. The third kappa shape index (κ3) is 4.58. The first-order valence-electron chi connectivity index (χ1n) is 7.05. The van der Waals surface area contributed by atoms with E-state index in [1.165, 1.54) is 6.42 Å². The maximum atomic E-state index is 11.4. The molecule has 0 aromatic heterocycles. The van der Waals surface area contributed by atoms with E-state index in [1.54, 1.807) is 0 Å². The Bertz CT molecular complexity index is 270. The molecule has 0 radical (unpaired) electrons. The molecule has 106 valence electrons. The van der Waals surface area contributed by atoms with Gasteiger partial charge < -0.3 is 15.2 Å². The van der Waals surface area contributed by atoms with Crippen molar-refractivity contribution in [2.45, 2.75) is 64.5 Å². The van der Waals surface area contributed by atoms with Crippen LogP contribution in [0.15, 0.2) is 0 Å². The highest BCUT2D eigenvalue weighted by Crippen LogP contribution is 2.32. The molecule has 4 heteroatoms. The summed E-state index contributed by atoms with van der Waals surface area (Å²) in [5.41, 5.74) is -0.205. The third-order valence-electron chi connectivity index (χ3n) is 3.72. The van der Waals surface area contributed by atoms with Crippen molar-refractivity contribution in [1.82, 2.24) is 5.32 Å². The Morgan fingerprint density at radius 3 is 2.89 bits per heavy atom. The summed E-state index contributed by atoms with van der Waals surface area (Å²) in [6.45, 7) is 6.58. The monoisotopic (exact) mass is 257 g/mol. The van der Waals surface area contributed by atoms with E-state index in [0.29, 0.717) is 18.9 Å². The molecule has 0 saturated heterocycles. The minimum absolute atomic E-state index is 0.0431. The van der Waals surface area contributed by atoms with Gasteiger partial charge in [0.2, 0.25) is 0 Å². The molecule has 0 aromatic rings. The molecule has 3 unspecified atom stereocenters. The molecular formula is C14H27NO3. The molecular weight excluding hydrogens is 230 g/mol. The van der Waals surface area contributed by atoms with Crippen LogP contribution in [0.4, 0.5) is 0 Å². The summed E-state index contributed by atoms with van der Waals surface area (Å²) in [6, 6.07) is 0.0431. The van der Waals surface area contributed by atoms with Crippen molar-refractivity contribution < 1.29 is 14.6 Å². The van der Waals surface area contributed by atoms with Crippen LogP contribution in [-0.4, -0.2) is 35.9 Å². The van der Waals surface area contributed by atoms with Gasteiger partial charge in [-0.1, -0.05) is 19.8 Å². The van der Waals surface area contributed by atoms with Crippen LogP contribution in [0, 0.1) is 5.92 Å². The first-order valence-corrected chi connectivity index (χ1v) is 7.05. The molecule has 1 fully saturated rings. The fraction of sp³-hybridized carbons (Fsp3) is 0.929. The molecule has 2 N–H and O–H groups in total.